The monoisotopic (exact) mass is 311 g/mol. The molecule has 0 unspecified atom stereocenters. The average molecular weight is 311 g/mol. The van der Waals surface area contributed by atoms with Gasteiger partial charge in [-0.05, 0) is 12.8 Å². The van der Waals surface area contributed by atoms with Gasteiger partial charge in [-0.25, -0.2) is 13.4 Å². The van der Waals surface area contributed by atoms with Gasteiger partial charge in [-0.1, -0.05) is 0 Å². The van der Waals surface area contributed by atoms with E-state index < -0.39 is 10.0 Å². The minimum absolute atomic E-state index is 0.0945. The van der Waals surface area contributed by atoms with Crippen LogP contribution in [0.25, 0.3) is 0 Å². The zero-order chi connectivity index (χ0) is 15.0. The maximum Gasteiger partial charge on any atom is 0.262 e. The van der Waals surface area contributed by atoms with E-state index in [-0.39, 0.29) is 10.9 Å². The van der Waals surface area contributed by atoms with E-state index in [1.54, 1.807) is 18.5 Å². The number of hydrogen-bond donors (Lipinski definition) is 0. The first-order valence-electron chi connectivity index (χ1n) is 6.75. The second kappa shape index (κ2) is 5.23. The van der Waals surface area contributed by atoms with Crippen molar-refractivity contribution in [3.8, 4) is 0 Å². The number of imidazole rings is 1. The van der Waals surface area contributed by atoms with Crippen LogP contribution in [0, 0.1) is 6.92 Å². The van der Waals surface area contributed by atoms with Gasteiger partial charge in [-0.2, -0.15) is 4.31 Å². The molecular formula is C12H17N5O3S. The van der Waals surface area contributed by atoms with Crippen LogP contribution in [0.1, 0.15) is 30.5 Å². The zero-order valence-electron chi connectivity index (χ0n) is 11.9. The lowest BCUT2D eigenvalue weighted by Gasteiger charge is -2.28. The number of piperidine rings is 1. The third-order valence-electron chi connectivity index (χ3n) is 3.63. The van der Waals surface area contributed by atoms with Gasteiger partial charge in [0.15, 0.2) is 5.03 Å². The predicted octanol–water partition coefficient (Wildman–Crippen LogP) is 0.680. The largest absolute Gasteiger partial charge is 0.425 e. The molecule has 3 heterocycles. The van der Waals surface area contributed by atoms with Crippen LogP contribution in [-0.2, 0) is 17.1 Å². The lowest BCUT2D eigenvalue weighted by Crippen LogP contribution is -2.38. The third kappa shape index (κ3) is 2.70. The molecule has 3 rings (SSSR count). The third-order valence-corrected chi connectivity index (χ3v) is 5.41. The molecular weight excluding hydrogens is 294 g/mol. The number of rotatable bonds is 3. The molecule has 8 nitrogen and oxygen atoms in total. The van der Waals surface area contributed by atoms with Crippen molar-refractivity contribution in [1.29, 1.82) is 0 Å². The summed E-state index contributed by atoms with van der Waals surface area (Å²) in [5, 5.41) is 7.93. The first kappa shape index (κ1) is 14.2. The van der Waals surface area contributed by atoms with Gasteiger partial charge in [0.2, 0.25) is 11.8 Å². The maximum absolute atomic E-state index is 12.4. The smallest absolute Gasteiger partial charge is 0.262 e. The molecule has 1 fully saturated rings. The van der Waals surface area contributed by atoms with Crippen molar-refractivity contribution in [2.45, 2.75) is 30.7 Å². The first-order valence-corrected chi connectivity index (χ1v) is 8.19. The summed E-state index contributed by atoms with van der Waals surface area (Å²) < 4.78 is 33.4. The van der Waals surface area contributed by atoms with E-state index in [1.807, 2.05) is 0 Å². The van der Waals surface area contributed by atoms with Gasteiger partial charge in [0, 0.05) is 39.2 Å². The van der Waals surface area contributed by atoms with E-state index in [4.69, 9.17) is 4.42 Å². The molecule has 2 aromatic heterocycles. The Balaban J connectivity index is 1.71. The van der Waals surface area contributed by atoms with Crippen LogP contribution >= 0.6 is 0 Å². The van der Waals surface area contributed by atoms with Crippen LogP contribution in [0.5, 0.6) is 0 Å². The van der Waals surface area contributed by atoms with Crippen LogP contribution in [0.3, 0.4) is 0 Å². The Morgan fingerprint density at radius 2 is 2.00 bits per heavy atom. The Kier molecular flexibility index (Phi) is 3.54. The minimum Gasteiger partial charge on any atom is -0.425 e. The lowest BCUT2D eigenvalue weighted by molar-refractivity contribution is 0.287. The highest BCUT2D eigenvalue weighted by atomic mass is 32.2. The van der Waals surface area contributed by atoms with Gasteiger partial charge in [0.05, 0.1) is 6.33 Å². The van der Waals surface area contributed by atoms with E-state index >= 15 is 0 Å². The Morgan fingerprint density at radius 3 is 2.52 bits per heavy atom. The summed E-state index contributed by atoms with van der Waals surface area (Å²) >= 11 is 0. The Hall–Kier alpha value is -1.74. The molecule has 0 spiro atoms. The van der Waals surface area contributed by atoms with Crippen molar-refractivity contribution < 1.29 is 12.8 Å². The normalized spacial score (nSPS) is 18.2. The quantitative estimate of drug-likeness (QED) is 0.827. The highest BCUT2D eigenvalue weighted by molar-refractivity contribution is 7.89. The summed E-state index contributed by atoms with van der Waals surface area (Å²) in [6.45, 7) is 2.62. The Labute approximate surface area is 122 Å². The molecule has 0 saturated carbocycles. The van der Waals surface area contributed by atoms with Crippen molar-refractivity contribution in [3.05, 3.63) is 24.3 Å². The summed E-state index contributed by atoms with van der Waals surface area (Å²) in [6, 6.07) is 0. The lowest BCUT2D eigenvalue weighted by atomic mass is 9.98. The van der Waals surface area contributed by atoms with E-state index in [9.17, 15) is 8.42 Å². The molecule has 0 radical (unpaired) electrons. The highest BCUT2D eigenvalue weighted by Crippen LogP contribution is 2.29. The van der Waals surface area contributed by atoms with Gasteiger partial charge in [-0.3, -0.25) is 0 Å². The Morgan fingerprint density at radius 1 is 1.29 bits per heavy atom. The molecule has 0 bridgehead atoms. The van der Waals surface area contributed by atoms with Crippen molar-refractivity contribution in [2.24, 2.45) is 7.05 Å². The minimum atomic E-state index is -3.51. The van der Waals surface area contributed by atoms with Gasteiger partial charge in [0.1, 0.15) is 0 Å². The van der Waals surface area contributed by atoms with Gasteiger partial charge in [-0.15, -0.1) is 10.2 Å². The fourth-order valence-corrected chi connectivity index (χ4v) is 3.91. The summed E-state index contributed by atoms with van der Waals surface area (Å²) in [5.74, 6) is 1.26. The number of aryl methyl sites for hydroxylation is 2. The molecule has 0 amide bonds. The number of aromatic nitrogens is 4. The van der Waals surface area contributed by atoms with Crippen molar-refractivity contribution in [1.82, 2.24) is 24.1 Å². The summed E-state index contributed by atoms with van der Waals surface area (Å²) in [7, 11) is -1.76. The van der Waals surface area contributed by atoms with E-state index in [1.165, 1.54) is 16.8 Å². The highest BCUT2D eigenvalue weighted by Gasteiger charge is 2.32. The predicted molar refractivity (Wildman–Crippen MR) is 73.0 cm³/mol. The molecule has 0 atom stereocenters. The van der Waals surface area contributed by atoms with E-state index in [0.717, 1.165) is 0 Å². The van der Waals surface area contributed by atoms with Crippen molar-refractivity contribution in [3.63, 3.8) is 0 Å². The second-order valence-electron chi connectivity index (χ2n) is 5.22. The van der Waals surface area contributed by atoms with Crippen LogP contribution < -0.4 is 0 Å². The average Bonchev–Trinajstić information content (AvgIpc) is 3.08. The van der Waals surface area contributed by atoms with Crippen LogP contribution in [0.15, 0.2) is 22.0 Å². The second-order valence-corrected chi connectivity index (χ2v) is 7.10. The number of hydrogen-bond acceptors (Lipinski definition) is 6. The van der Waals surface area contributed by atoms with Crippen molar-refractivity contribution in [2.75, 3.05) is 13.1 Å². The summed E-state index contributed by atoms with van der Waals surface area (Å²) in [4.78, 5) is 3.94. The molecule has 9 heteroatoms. The van der Waals surface area contributed by atoms with E-state index in [2.05, 4.69) is 15.2 Å². The SMILES string of the molecule is Cc1nnc(C2CCN(S(=O)(=O)c3cn(C)cn3)CC2)o1. The topological polar surface area (TPSA) is 94.1 Å². The molecule has 114 valence electrons. The van der Waals surface area contributed by atoms with Gasteiger partial charge in [0.25, 0.3) is 10.0 Å². The number of sulfonamides is 1. The molecule has 1 aliphatic heterocycles. The van der Waals surface area contributed by atoms with Crippen LogP contribution in [-0.4, -0.2) is 45.6 Å². The first-order chi connectivity index (χ1) is 9.96. The molecule has 0 N–H and O–H groups in total. The van der Waals surface area contributed by atoms with Crippen LogP contribution in [0.4, 0.5) is 0 Å². The van der Waals surface area contributed by atoms with Gasteiger partial charge >= 0.3 is 0 Å². The fourth-order valence-electron chi connectivity index (χ4n) is 2.47. The van der Waals surface area contributed by atoms with Crippen molar-refractivity contribution >= 4 is 10.0 Å². The zero-order valence-corrected chi connectivity index (χ0v) is 12.7. The van der Waals surface area contributed by atoms with Gasteiger partial charge < -0.3 is 8.98 Å². The standard InChI is InChI=1S/C12H17N5O3S/c1-9-14-15-12(20-9)10-3-5-17(6-4-10)21(18,19)11-7-16(2)8-13-11/h7-8,10H,3-6H2,1-2H3. The summed E-state index contributed by atoms with van der Waals surface area (Å²) in [6.07, 6.45) is 4.35. The Bertz CT molecular complexity index is 728. The molecule has 0 aliphatic carbocycles. The number of nitrogens with zero attached hydrogens (tertiary/aromatic N) is 5. The molecule has 1 aliphatic rings. The molecule has 21 heavy (non-hydrogen) atoms. The fraction of sp³-hybridized carbons (Fsp3) is 0.583. The molecule has 2 aromatic rings. The van der Waals surface area contributed by atoms with E-state index in [0.29, 0.717) is 37.7 Å². The molecule has 0 aromatic carbocycles. The molecule has 1 saturated heterocycles. The maximum atomic E-state index is 12.4. The van der Waals surface area contributed by atoms with Crippen LogP contribution in [0.2, 0.25) is 0 Å². The summed E-state index contributed by atoms with van der Waals surface area (Å²) in [5.41, 5.74) is 0.